The van der Waals surface area contributed by atoms with Crippen LogP contribution in [0.3, 0.4) is 0 Å². The molecule has 1 aliphatic heterocycles. The number of methoxy groups -OCH3 is 1. The van der Waals surface area contributed by atoms with Gasteiger partial charge in [0.25, 0.3) is 0 Å². The predicted molar refractivity (Wildman–Crippen MR) is 153 cm³/mol. The van der Waals surface area contributed by atoms with Crippen LogP contribution in [-0.4, -0.2) is 55.4 Å². The molecule has 1 N–H and O–H groups in total. The molecule has 6 nitrogen and oxygen atoms in total. The minimum atomic E-state index is -1.11. The lowest BCUT2D eigenvalue weighted by Crippen LogP contribution is -2.46. The second-order valence-electron chi connectivity index (χ2n) is 11.2. The van der Waals surface area contributed by atoms with E-state index < -0.39 is 8.07 Å². The van der Waals surface area contributed by atoms with Crippen molar-refractivity contribution in [3.63, 3.8) is 0 Å². The number of piperidine rings is 1. The second-order valence-corrected chi connectivity index (χ2v) is 16.9. The molecule has 36 heavy (non-hydrogen) atoms. The third-order valence-electron chi connectivity index (χ3n) is 7.05. The minimum Gasteiger partial charge on any atom is -0.504 e. The summed E-state index contributed by atoms with van der Waals surface area (Å²) in [6.45, 7) is 13.9. The molecule has 3 aromatic rings. The number of hydrogen-bond donors (Lipinski definition) is 1. The van der Waals surface area contributed by atoms with Gasteiger partial charge in [0.05, 0.1) is 19.1 Å². The van der Waals surface area contributed by atoms with Crippen molar-refractivity contribution in [2.75, 3.05) is 32.1 Å². The Labute approximate surface area is 217 Å². The zero-order valence-electron chi connectivity index (χ0n) is 22.5. The lowest BCUT2D eigenvalue weighted by Gasteiger charge is -2.38. The lowest BCUT2D eigenvalue weighted by atomic mass is 9.92. The van der Waals surface area contributed by atoms with Gasteiger partial charge in [-0.1, -0.05) is 56.9 Å². The summed E-state index contributed by atoms with van der Waals surface area (Å²) in [6, 6.07) is 14.4. The SMILES string of the molecule is CO/C=C/c1cnc2c(ccn2COCC[Si](C)(C)C)c1N[C@H]1CN(Cc2ccccc2)CC[C@H]1C. The molecule has 0 spiro atoms. The van der Waals surface area contributed by atoms with E-state index in [-0.39, 0.29) is 0 Å². The van der Waals surface area contributed by atoms with Gasteiger partial charge in [0.1, 0.15) is 12.4 Å². The number of likely N-dealkylation sites (tertiary alicyclic amines) is 1. The van der Waals surface area contributed by atoms with Gasteiger partial charge in [0.15, 0.2) is 0 Å². The summed E-state index contributed by atoms with van der Waals surface area (Å²) in [7, 11) is 0.567. The number of pyridine rings is 1. The van der Waals surface area contributed by atoms with Gasteiger partial charge in [-0.25, -0.2) is 4.98 Å². The number of nitrogens with zero attached hydrogens (tertiary/aromatic N) is 3. The molecule has 2 atom stereocenters. The molecule has 0 aliphatic carbocycles. The second kappa shape index (κ2) is 12.1. The molecule has 1 saturated heterocycles. The summed E-state index contributed by atoms with van der Waals surface area (Å²) < 4.78 is 13.4. The lowest BCUT2D eigenvalue weighted by molar-refractivity contribution is 0.0899. The van der Waals surface area contributed by atoms with Crippen LogP contribution in [0.2, 0.25) is 25.7 Å². The van der Waals surface area contributed by atoms with Crippen LogP contribution in [-0.2, 0) is 22.7 Å². The molecule has 0 unspecified atom stereocenters. The van der Waals surface area contributed by atoms with Gasteiger partial charge in [0.2, 0.25) is 0 Å². The maximum Gasteiger partial charge on any atom is 0.143 e. The molecule has 0 amide bonds. The first-order valence-electron chi connectivity index (χ1n) is 13.1. The van der Waals surface area contributed by atoms with Gasteiger partial charge in [-0.05, 0) is 42.6 Å². The quantitative estimate of drug-likeness (QED) is 0.188. The Morgan fingerprint density at radius 1 is 1.17 bits per heavy atom. The maximum atomic E-state index is 6.03. The molecule has 4 rings (SSSR count). The molecule has 1 aromatic carbocycles. The monoisotopic (exact) mass is 506 g/mol. The van der Waals surface area contributed by atoms with Gasteiger partial charge < -0.3 is 19.4 Å². The molecule has 0 bridgehead atoms. The van der Waals surface area contributed by atoms with E-state index in [1.165, 1.54) is 12.0 Å². The Kier molecular flexibility index (Phi) is 8.88. The highest BCUT2D eigenvalue weighted by molar-refractivity contribution is 6.76. The molecule has 0 saturated carbocycles. The molecule has 3 heterocycles. The highest BCUT2D eigenvalue weighted by atomic mass is 28.3. The number of anilines is 1. The van der Waals surface area contributed by atoms with E-state index in [9.17, 15) is 0 Å². The highest BCUT2D eigenvalue weighted by Crippen LogP contribution is 2.31. The summed E-state index contributed by atoms with van der Waals surface area (Å²) >= 11 is 0. The van der Waals surface area contributed by atoms with Crippen LogP contribution < -0.4 is 5.32 Å². The molecule has 194 valence electrons. The fourth-order valence-electron chi connectivity index (χ4n) is 4.72. The number of nitrogens with one attached hydrogen (secondary N) is 1. The van der Waals surface area contributed by atoms with Crippen molar-refractivity contribution in [2.45, 2.75) is 58.3 Å². The molecule has 1 fully saturated rings. The van der Waals surface area contributed by atoms with Gasteiger partial charge in [-0.2, -0.15) is 0 Å². The highest BCUT2D eigenvalue weighted by Gasteiger charge is 2.27. The van der Waals surface area contributed by atoms with Gasteiger partial charge in [-0.15, -0.1) is 0 Å². The fraction of sp³-hybridized carbons (Fsp3) is 0.483. The van der Waals surface area contributed by atoms with E-state index in [1.54, 1.807) is 13.4 Å². The third kappa shape index (κ3) is 6.99. The van der Waals surface area contributed by atoms with Crippen molar-refractivity contribution in [1.29, 1.82) is 0 Å². The first-order valence-corrected chi connectivity index (χ1v) is 16.8. The molecular formula is C29H42N4O2Si. The van der Waals surface area contributed by atoms with E-state index in [0.29, 0.717) is 18.7 Å². The average molecular weight is 507 g/mol. The molecule has 1 aliphatic rings. The summed E-state index contributed by atoms with van der Waals surface area (Å²) in [6.07, 6.45) is 8.91. The van der Waals surface area contributed by atoms with Crippen LogP contribution >= 0.6 is 0 Å². The number of ether oxygens (including phenoxy) is 2. The number of hydrogen-bond acceptors (Lipinski definition) is 5. The van der Waals surface area contributed by atoms with Crippen molar-refractivity contribution in [3.8, 4) is 0 Å². The Morgan fingerprint density at radius 3 is 2.72 bits per heavy atom. The molecule has 7 heteroatoms. The topological polar surface area (TPSA) is 51.6 Å². The zero-order valence-corrected chi connectivity index (χ0v) is 23.5. The Balaban J connectivity index is 1.54. The average Bonchev–Trinajstić information content (AvgIpc) is 3.26. The Morgan fingerprint density at radius 2 is 1.97 bits per heavy atom. The Hall–Kier alpha value is -2.61. The first kappa shape index (κ1) is 26.4. The van der Waals surface area contributed by atoms with Crippen molar-refractivity contribution in [1.82, 2.24) is 14.5 Å². The normalized spacial score (nSPS) is 19.2. The Bertz CT molecular complexity index is 1140. The van der Waals surface area contributed by atoms with Crippen LogP contribution in [0.4, 0.5) is 5.69 Å². The van der Waals surface area contributed by atoms with Crippen LogP contribution in [0.25, 0.3) is 17.1 Å². The van der Waals surface area contributed by atoms with E-state index in [4.69, 9.17) is 14.5 Å². The van der Waals surface area contributed by atoms with E-state index in [0.717, 1.165) is 54.6 Å². The number of benzene rings is 1. The van der Waals surface area contributed by atoms with Gasteiger partial charge in [0, 0.05) is 57.2 Å². The minimum absolute atomic E-state index is 0.346. The summed E-state index contributed by atoms with van der Waals surface area (Å²) in [5.41, 5.74) is 4.47. The van der Waals surface area contributed by atoms with Crippen molar-refractivity contribution in [2.24, 2.45) is 5.92 Å². The zero-order chi connectivity index (χ0) is 25.5. The van der Waals surface area contributed by atoms with E-state index in [1.807, 2.05) is 12.3 Å². The number of rotatable bonds is 11. The molecular weight excluding hydrogens is 464 g/mol. The van der Waals surface area contributed by atoms with Gasteiger partial charge >= 0.3 is 0 Å². The summed E-state index contributed by atoms with van der Waals surface area (Å²) in [4.78, 5) is 7.36. The van der Waals surface area contributed by atoms with Crippen LogP contribution in [0, 0.1) is 5.92 Å². The maximum absolute atomic E-state index is 6.03. The summed E-state index contributed by atoms with van der Waals surface area (Å²) in [5.74, 6) is 0.575. The van der Waals surface area contributed by atoms with Crippen molar-refractivity contribution in [3.05, 3.63) is 66.2 Å². The fourth-order valence-corrected chi connectivity index (χ4v) is 5.48. The smallest absolute Gasteiger partial charge is 0.143 e. The van der Waals surface area contributed by atoms with Crippen molar-refractivity contribution < 1.29 is 9.47 Å². The van der Waals surface area contributed by atoms with Gasteiger partial charge in [-0.3, -0.25) is 4.90 Å². The first-order chi connectivity index (χ1) is 17.3. The number of aromatic nitrogens is 2. The number of fused-ring (bicyclic) bond motifs is 1. The molecule has 0 radical (unpaired) electrons. The van der Waals surface area contributed by atoms with Crippen LogP contribution in [0.15, 0.2) is 55.1 Å². The van der Waals surface area contributed by atoms with E-state index >= 15 is 0 Å². The van der Waals surface area contributed by atoms with Crippen LogP contribution in [0.5, 0.6) is 0 Å². The third-order valence-corrected chi connectivity index (χ3v) is 8.75. The van der Waals surface area contributed by atoms with E-state index in [2.05, 4.69) is 83.9 Å². The largest absolute Gasteiger partial charge is 0.504 e. The van der Waals surface area contributed by atoms with Crippen LogP contribution in [0.1, 0.15) is 24.5 Å². The molecule has 2 aromatic heterocycles. The standard InChI is InChI=1S/C29H42N4O2Si/c1-23-11-14-32(20-24-9-7-6-8-10-24)21-27(23)31-28-25(13-16-34-2)19-30-29-26(28)12-15-33(29)22-35-17-18-36(3,4)5/h6-10,12-13,15-16,19,23,27H,11,14,17-18,20-22H2,1-5H3,(H,30,31)/b16-13+/t23-,27+/m1/s1. The van der Waals surface area contributed by atoms with Crippen molar-refractivity contribution >= 4 is 30.9 Å². The summed E-state index contributed by atoms with van der Waals surface area (Å²) in [5, 5.41) is 5.05. The predicted octanol–water partition coefficient (Wildman–Crippen LogP) is 6.29.